The summed E-state index contributed by atoms with van der Waals surface area (Å²) in [6.07, 6.45) is 1.62. The Morgan fingerprint density at radius 2 is 1.76 bits per heavy atom. The third kappa shape index (κ3) is 4.66. The van der Waals surface area contributed by atoms with Crippen molar-refractivity contribution < 1.29 is 23.5 Å². The van der Waals surface area contributed by atoms with E-state index in [4.69, 9.17) is 27.9 Å². The topological polar surface area (TPSA) is 75.7 Å². The average molecular weight is 499 g/mol. The summed E-state index contributed by atoms with van der Waals surface area (Å²) in [7, 11) is 1.45. The number of carbonyl (C=O) groups excluding carboxylic acids is 3. The third-order valence-electron chi connectivity index (χ3n) is 5.17. The molecule has 1 saturated heterocycles. The number of barbiturate groups is 1. The quantitative estimate of drug-likeness (QED) is 0.377. The standard InChI is InChI=1S/C25H17Cl2FN2O4/c1-34-22-13-15(12-20(27)17(22)10-14-5-4-6-16(28)9-14)11-18-23(31)29-25(33)30(24(18)32)21-8-3-2-7-19(21)26/h2-9,11-13H,10H2,1H3,(H,29,31,33)/b18-11+. The van der Waals surface area contributed by atoms with Gasteiger partial charge >= 0.3 is 6.03 Å². The molecule has 3 aromatic rings. The number of nitrogens with one attached hydrogen (secondary N) is 1. The van der Waals surface area contributed by atoms with Crippen molar-refractivity contribution in [1.82, 2.24) is 5.32 Å². The molecular weight excluding hydrogens is 482 g/mol. The number of nitrogens with zero attached hydrogens (tertiary/aromatic N) is 1. The predicted molar refractivity (Wildman–Crippen MR) is 128 cm³/mol. The first kappa shape index (κ1) is 23.5. The highest BCUT2D eigenvalue weighted by molar-refractivity contribution is 6.42. The number of hydrogen-bond acceptors (Lipinski definition) is 4. The Morgan fingerprint density at radius 3 is 2.47 bits per heavy atom. The first-order chi connectivity index (χ1) is 16.3. The number of urea groups is 1. The summed E-state index contributed by atoms with van der Waals surface area (Å²) >= 11 is 12.6. The first-order valence-corrected chi connectivity index (χ1v) is 10.8. The summed E-state index contributed by atoms with van der Waals surface area (Å²) < 4.78 is 19.0. The van der Waals surface area contributed by atoms with Crippen LogP contribution in [0, 0.1) is 5.82 Å². The van der Waals surface area contributed by atoms with Crippen molar-refractivity contribution in [1.29, 1.82) is 0 Å². The fourth-order valence-corrected chi connectivity index (χ4v) is 4.10. The summed E-state index contributed by atoms with van der Waals surface area (Å²) in [5.74, 6) is -1.65. The molecule has 4 rings (SSSR count). The molecular formula is C25H17Cl2FN2O4. The lowest BCUT2D eigenvalue weighted by Gasteiger charge is -2.27. The second-order valence-electron chi connectivity index (χ2n) is 7.40. The molecule has 6 nitrogen and oxygen atoms in total. The van der Waals surface area contributed by atoms with Crippen LogP contribution >= 0.6 is 23.2 Å². The van der Waals surface area contributed by atoms with Gasteiger partial charge in [-0.05, 0) is 53.6 Å². The highest BCUT2D eigenvalue weighted by atomic mass is 35.5. The van der Waals surface area contributed by atoms with Gasteiger partial charge in [-0.1, -0.05) is 47.5 Å². The van der Waals surface area contributed by atoms with Gasteiger partial charge in [0.2, 0.25) is 0 Å². The Bertz CT molecular complexity index is 1360. The number of anilines is 1. The minimum atomic E-state index is -0.902. The second-order valence-corrected chi connectivity index (χ2v) is 8.21. The normalized spacial score (nSPS) is 15.0. The lowest BCUT2D eigenvalue weighted by Crippen LogP contribution is -2.54. The minimum Gasteiger partial charge on any atom is -0.496 e. The van der Waals surface area contributed by atoms with Gasteiger partial charge in [-0.25, -0.2) is 14.1 Å². The van der Waals surface area contributed by atoms with Crippen LogP contribution in [0.3, 0.4) is 0 Å². The van der Waals surface area contributed by atoms with Crippen molar-refractivity contribution in [2.75, 3.05) is 12.0 Å². The third-order valence-corrected chi connectivity index (χ3v) is 5.83. The van der Waals surface area contributed by atoms with Crippen LogP contribution in [-0.2, 0) is 16.0 Å². The van der Waals surface area contributed by atoms with Crippen LogP contribution in [0.25, 0.3) is 6.08 Å². The molecule has 0 aliphatic carbocycles. The van der Waals surface area contributed by atoms with Crippen molar-refractivity contribution in [3.05, 3.63) is 98.8 Å². The van der Waals surface area contributed by atoms with Gasteiger partial charge in [0.05, 0.1) is 17.8 Å². The Labute approximate surface area is 204 Å². The van der Waals surface area contributed by atoms with Gasteiger partial charge < -0.3 is 4.74 Å². The summed E-state index contributed by atoms with van der Waals surface area (Å²) in [5, 5.41) is 2.63. The zero-order chi connectivity index (χ0) is 24.4. The molecule has 9 heteroatoms. The highest BCUT2D eigenvalue weighted by Gasteiger charge is 2.37. The van der Waals surface area contributed by atoms with Crippen molar-refractivity contribution >= 4 is 52.8 Å². The van der Waals surface area contributed by atoms with Gasteiger partial charge in [0.25, 0.3) is 11.8 Å². The fraction of sp³-hybridized carbons (Fsp3) is 0.0800. The van der Waals surface area contributed by atoms with Crippen LogP contribution in [-0.4, -0.2) is 25.0 Å². The van der Waals surface area contributed by atoms with Gasteiger partial charge in [-0.3, -0.25) is 14.9 Å². The zero-order valence-electron chi connectivity index (χ0n) is 17.8. The Kier molecular flexibility index (Phi) is 6.68. The van der Waals surface area contributed by atoms with E-state index in [1.165, 1.54) is 37.5 Å². The molecule has 0 atom stereocenters. The Hall–Kier alpha value is -3.68. The molecule has 1 aliphatic rings. The van der Waals surface area contributed by atoms with Crippen LogP contribution in [0.15, 0.2) is 66.2 Å². The monoisotopic (exact) mass is 498 g/mol. The van der Waals surface area contributed by atoms with E-state index in [2.05, 4.69) is 5.32 Å². The van der Waals surface area contributed by atoms with E-state index in [0.29, 0.717) is 33.9 Å². The first-order valence-electron chi connectivity index (χ1n) is 10.1. The number of rotatable bonds is 5. The van der Waals surface area contributed by atoms with E-state index in [9.17, 15) is 18.8 Å². The van der Waals surface area contributed by atoms with Crippen molar-refractivity contribution in [3.63, 3.8) is 0 Å². The number of methoxy groups -OCH3 is 1. The van der Waals surface area contributed by atoms with E-state index in [-0.39, 0.29) is 22.1 Å². The molecule has 0 saturated carbocycles. The van der Waals surface area contributed by atoms with Gasteiger partial charge in [-0.2, -0.15) is 0 Å². The Balaban J connectivity index is 1.72. The van der Waals surface area contributed by atoms with Crippen LogP contribution in [0.2, 0.25) is 10.0 Å². The maximum Gasteiger partial charge on any atom is 0.335 e. The lowest BCUT2D eigenvalue weighted by atomic mass is 10.00. The fourth-order valence-electron chi connectivity index (χ4n) is 3.60. The number of carbonyl (C=O) groups is 3. The second kappa shape index (κ2) is 9.67. The van der Waals surface area contributed by atoms with Crippen LogP contribution in [0.1, 0.15) is 16.7 Å². The number of imide groups is 2. The summed E-state index contributed by atoms with van der Waals surface area (Å²) in [6, 6.07) is 14.7. The summed E-state index contributed by atoms with van der Waals surface area (Å²) in [5.41, 5.74) is 1.57. The number of para-hydroxylation sites is 1. The van der Waals surface area contributed by atoms with Gasteiger partial charge in [0, 0.05) is 17.0 Å². The van der Waals surface area contributed by atoms with Crippen LogP contribution in [0.4, 0.5) is 14.9 Å². The molecule has 0 aromatic heterocycles. The summed E-state index contributed by atoms with van der Waals surface area (Å²) in [4.78, 5) is 38.8. The molecule has 0 spiro atoms. The molecule has 0 radical (unpaired) electrons. The maximum atomic E-state index is 13.6. The van der Waals surface area contributed by atoms with E-state index in [0.717, 1.165) is 4.90 Å². The molecule has 1 N–H and O–H groups in total. The van der Waals surface area contributed by atoms with Gasteiger partial charge in [0.1, 0.15) is 17.1 Å². The smallest absolute Gasteiger partial charge is 0.335 e. The molecule has 1 aliphatic heterocycles. The van der Waals surface area contributed by atoms with Gasteiger partial charge in [-0.15, -0.1) is 0 Å². The van der Waals surface area contributed by atoms with E-state index < -0.39 is 17.8 Å². The largest absolute Gasteiger partial charge is 0.496 e. The maximum absolute atomic E-state index is 13.6. The molecule has 172 valence electrons. The van der Waals surface area contributed by atoms with Crippen molar-refractivity contribution in [2.45, 2.75) is 6.42 Å². The number of ether oxygens (including phenoxy) is 1. The number of amides is 4. The Morgan fingerprint density at radius 1 is 1.00 bits per heavy atom. The highest BCUT2D eigenvalue weighted by Crippen LogP contribution is 2.33. The molecule has 3 aromatic carbocycles. The van der Waals surface area contributed by atoms with Crippen LogP contribution < -0.4 is 15.0 Å². The van der Waals surface area contributed by atoms with E-state index >= 15 is 0 Å². The molecule has 34 heavy (non-hydrogen) atoms. The molecule has 0 unspecified atom stereocenters. The van der Waals surface area contributed by atoms with Crippen LogP contribution in [0.5, 0.6) is 5.75 Å². The SMILES string of the molecule is COc1cc(/C=C2\C(=O)NC(=O)N(c3ccccc3Cl)C2=O)cc(Cl)c1Cc1cccc(F)c1. The molecule has 1 fully saturated rings. The number of hydrogen-bond donors (Lipinski definition) is 1. The van der Waals surface area contributed by atoms with E-state index in [1.807, 2.05) is 0 Å². The van der Waals surface area contributed by atoms with E-state index in [1.54, 1.807) is 36.4 Å². The number of benzene rings is 3. The molecule has 1 heterocycles. The predicted octanol–water partition coefficient (Wildman–Crippen LogP) is 5.40. The number of halogens is 3. The minimum absolute atomic E-state index is 0.145. The van der Waals surface area contributed by atoms with Gasteiger partial charge in [0.15, 0.2) is 0 Å². The zero-order valence-corrected chi connectivity index (χ0v) is 19.3. The molecule has 4 amide bonds. The van der Waals surface area contributed by atoms with Crippen molar-refractivity contribution in [2.24, 2.45) is 0 Å². The average Bonchev–Trinajstić information content (AvgIpc) is 2.79. The lowest BCUT2D eigenvalue weighted by molar-refractivity contribution is -0.122. The molecule has 0 bridgehead atoms. The van der Waals surface area contributed by atoms with Crippen molar-refractivity contribution in [3.8, 4) is 5.75 Å². The summed E-state index contributed by atoms with van der Waals surface area (Å²) in [6.45, 7) is 0.